The summed E-state index contributed by atoms with van der Waals surface area (Å²) in [5.41, 5.74) is 1.49. The van der Waals surface area contributed by atoms with Gasteiger partial charge in [0.05, 0.1) is 30.4 Å². The molecule has 2 saturated heterocycles. The zero-order valence-electron chi connectivity index (χ0n) is 18.3. The second-order valence-corrected chi connectivity index (χ2v) is 8.57. The van der Waals surface area contributed by atoms with Crippen LogP contribution in [0.4, 0.5) is 11.4 Å². The van der Waals surface area contributed by atoms with Crippen molar-refractivity contribution < 1.29 is 19.1 Å². The molecule has 8 nitrogen and oxygen atoms in total. The number of amides is 3. The molecule has 33 heavy (non-hydrogen) atoms. The van der Waals surface area contributed by atoms with Crippen molar-refractivity contribution in [3.8, 4) is 0 Å². The van der Waals surface area contributed by atoms with Crippen molar-refractivity contribution >= 4 is 40.7 Å². The van der Waals surface area contributed by atoms with Crippen LogP contribution in [0.25, 0.3) is 0 Å². The molecule has 9 heteroatoms. The van der Waals surface area contributed by atoms with Crippen LogP contribution in [0.2, 0.25) is 5.02 Å². The molecule has 2 aromatic carbocycles. The van der Waals surface area contributed by atoms with Gasteiger partial charge in [-0.05, 0) is 30.3 Å². The van der Waals surface area contributed by atoms with E-state index in [0.717, 1.165) is 19.6 Å². The molecule has 0 bridgehead atoms. The van der Waals surface area contributed by atoms with Crippen LogP contribution in [0.15, 0.2) is 48.5 Å². The number of carbonyl (C=O) groups is 3. The standard InChI is InChI=1S/C24H27ClN4O4/c25-18-4-3-5-19(15-18)29-16-17(14-22(29)30)23(31)27-21-7-2-1-6-20(21)24(32)26-8-9-28-10-12-33-13-11-28/h1-7,15,17H,8-14,16H2,(H,26,32)(H,27,31)/t17-/m0/s1. The lowest BCUT2D eigenvalue weighted by atomic mass is 10.1. The zero-order valence-corrected chi connectivity index (χ0v) is 19.0. The number of para-hydroxylation sites is 1. The average Bonchev–Trinajstić information content (AvgIpc) is 3.22. The minimum atomic E-state index is -0.520. The highest BCUT2D eigenvalue weighted by Gasteiger charge is 2.35. The lowest BCUT2D eigenvalue weighted by Gasteiger charge is -2.26. The third kappa shape index (κ3) is 5.90. The first-order valence-corrected chi connectivity index (χ1v) is 11.4. The number of anilines is 2. The van der Waals surface area contributed by atoms with E-state index >= 15 is 0 Å². The van der Waals surface area contributed by atoms with Gasteiger partial charge in [0.2, 0.25) is 11.8 Å². The van der Waals surface area contributed by atoms with Crippen molar-refractivity contribution in [3.05, 3.63) is 59.1 Å². The van der Waals surface area contributed by atoms with Crippen molar-refractivity contribution in [1.29, 1.82) is 0 Å². The molecule has 3 amide bonds. The number of hydrogen-bond acceptors (Lipinski definition) is 5. The maximum atomic E-state index is 12.9. The number of halogens is 1. The average molecular weight is 471 g/mol. The monoisotopic (exact) mass is 470 g/mol. The molecule has 0 spiro atoms. The first-order chi connectivity index (χ1) is 16.0. The largest absolute Gasteiger partial charge is 0.379 e. The zero-order chi connectivity index (χ0) is 23.2. The van der Waals surface area contributed by atoms with Crippen molar-refractivity contribution in [2.45, 2.75) is 6.42 Å². The Labute approximate surface area is 197 Å². The molecule has 174 valence electrons. The first-order valence-electron chi connectivity index (χ1n) is 11.1. The van der Waals surface area contributed by atoms with Gasteiger partial charge in [0.1, 0.15) is 0 Å². The molecule has 2 aromatic rings. The van der Waals surface area contributed by atoms with E-state index in [2.05, 4.69) is 15.5 Å². The topological polar surface area (TPSA) is 91.0 Å². The van der Waals surface area contributed by atoms with E-state index < -0.39 is 5.92 Å². The maximum absolute atomic E-state index is 12.9. The molecule has 1 atom stereocenters. The van der Waals surface area contributed by atoms with Crippen LogP contribution in [0.5, 0.6) is 0 Å². The Morgan fingerprint density at radius 2 is 1.88 bits per heavy atom. The van der Waals surface area contributed by atoms with Gasteiger partial charge in [-0.1, -0.05) is 29.8 Å². The molecule has 2 fully saturated rings. The molecular formula is C24H27ClN4O4. The van der Waals surface area contributed by atoms with Crippen molar-refractivity contribution in [3.63, 3.8) is 0 Å². The summed E-state index contributed by atoms with van der Waals surface area (Å²) < 4.78 is 5.34. The summed E-state index contributed by atoms with van der Waals surface area (Å²) in [5, 5.41) is 6.30. The number of benzene rings is 2. The fourth-order valence-electron chi connectivity index (χ4n) is 4.05. The van der Waals surface area contributed by atoms with Gasteiger partial charge in [0.15, 0.2) is 0 Å². The van der Waals surface area contributed by atoms with Crippen LogP contribution in [-0.4, -0.2) is 68.6 Å². The minimum Gasteiger partial charge on any atom is -0.379 e. The quantitative estimate of drug-likeness (QED) is 0.648. The number of rotatable bonds is 7. The molecule has 2 aliphatic rings. The Bertz CT molecular complexity index is 1030. The minimum absolute atomic E-state index is 0.103. The summed E-state index contributed by atoms with van der Waals surface area (Å²) in [4.78, 5) is 42.0. The molecule has 4 rings (SSSR count). The van der Waals surface area contributed by atoms with E-state index in [1.165, 1.54) is 0 Å². The molecule has 0 aromatic heterocycles. The number of nitrogens with zero attached hydrogens (tertiary/aromatic N) is 2. The van der Waals surface area contributed by atoms with E-state index in [1.54, 1.807) is 53.4 Å². The lowest BCUT2D eigenvalue weighted by molar-refractivity contribution is -0.122. The molecule has 0 radical (unpaired) electrons. The van der Waals surface area contributed by atoms with Gasteiger partial charge in [0.25, 0.3) is 5.91 Å². The van der Waals surface area contributed by atoms with Crippen molar-refractivity contribution in [1.82, 2.24) is 10.2 Å². The summed E-state index contributed by atoms with van der Waals surface area (Å²) in [5.74, 6) is -1.19. The predicted octanol–water partition coefficient (Wildman–Crippen LogP) is 2.39. The van der Waals surface area contributed by atoms with Crippen molar-refractivity contribution in [2.75, 3.05) is 56.2 Å². The Hall–Kier alpha value is -2.94. The van der Waals surface area contributed by atoms with E-state index in [1.807, 2.05) is 0 Å². The fraction of sp³-hybridized carbons (Fsp3) is 0.375. The van der Waals surface area contributed by atoms with Gasteiger partial charge in [0, 0.05) is 49.9 Å². The van der Waals surface area contributed by atoms with E-state index in [-0.39, 0.29) is 30.7 Å². The highest BCUT2D eigenvalue weighted by atomic mass is 35.5. The summed E-state index contributed by atoms with van der Waals surface area (Å²) in [7, 11) is 0. The Balaban J connectivity index is 1.35. The second-order valence-electron chi connectivity index (χ2n) is 8.13. The number of morpholine rings is 1. The van der Waals surface area contributed by atoms with Crippen LogP contribution < -0.4 is 15.5 Å². The first kappa shape index (κ1) is 23.2. The predicted molar refractivity (Wildman–Crippen MR) is 127 cm³/mol. The van der Waals surface area contributed by atoms with Gasteiger partial charge in [-0.25, -0.2) is 0 Å². The smallest absolute Gasteiger partial charge is 0.253 e. The molecule has 2 N–H and O–H groups in total. The Morgan fingerprint density at radius 3 is 2.67 bits per heavy atom. The van der Waals surface area contributed by atoms with E-state index in [9.17, 15) is 14.4 Å². The van der Waals surface area contributed by atoms with E-state index in [4.69, 9.17) is 16.3 Å². The summed E-state index contributed by atoms with van der Waals surface area (Å²) in [6, 6.07) is 13.9. The number of nitrogens with one attached hydrogen (secondary N) is 2. The molecule has 0 unspecified atom stereocenters. The fourth-order valence-corrected chi connectivity index (χ4v) is 4.23. The molecule has 0 aliphatic carbocycles. The SMILES string of the molecule is O=C(NCCN1CCOCC1)c1ccccc1NC(=O)[C@H]1CC(=O)N(c2cccc(Cl)c2)C1. The van der Waals surface area contributed by atoms with Crippen LogP contribution in [-0.2, 0) is 14.3 Å². The second kappa shape index (κ2) is 10.8. The van der Waals surface area contributed by atoms with Gasteiger partial charge < -0.3 is 20.3 Å². The number of carbonyl (C=O) groups excluding carboxylic acids is 3. The highest BCUT2D eigenvalue weighted by molar-refractivity contribution is 6.31. The van der Waals surface area contributed by atoms with Gasteiger partial charge in [-0.3, -0.25) is 19.3 Å². The van der Waals surface area contributed by atoms with Gasteiger partial charge >= 0.3 is 0 Å². The van der Waals surface area contributed by atoms with Gasteiger partial charge in [-0.15, -0.1) is 0 Å². The highest BCUT2D eigenvalue weighted by Crippen LogP contribution is 2.28. The Kier molecular flexibility index (Phi) is 7.59. The van der Waals surface area contributed by atoms with Crippen LogP contribution in [0.1, 0.15) is 16.8 Å². The van der Waals surface area contributed by atoms with Crippen LogP contribution in [0.3, 0.4) is 0 Å². The third-order valence-corrected chi connectivity index (χ3v) is 6.10. The lowest BCUT2D eigenvalue weighted by Crippen LogP contribution is -2.41. The molecule has 2 aliphatic heterocycles. The molecule has 0 saturated carbocycles. The summed E-state index contributed by atoms with van der Waals surface area (Å²) in [6.07, 6.45) is 0.103. The normalized spacial score (nSPS) is 18.9. The number of hydrogen-bond donors (Lipinski definition) is 2. The van der Waals surface area contributed by atoms with Crippen molar-refractivity contribution in [2.24, 2.45) is 5.92 Å². The third-order valence-electron chi connectivity index (χ3n) is 5.86. The van der Waals surface area contributed by atoms with Gasteiger partial charge in [-0.2, -0.15) is 0 Å². The van der Waals surface area contributed by atoms with E-state index in [0.29, 0.717) is 41.7 Å². The summed E-state index contributed by atoms with van der Waals surface area (Å²) in [6.45, 7) is 4.64. The maximum Gasteiger partial charge on any atom is 0.253 e. The van der Waals surface area contributed by atoms with Crippen LogP contribution in [0, 0.1) is 5.92 Å². The van der Waals surface area contributed by atoms with Crippen LogP contribution >= 0.6 is 11.6 Å². The Morgan fingerprint density at radius 1 is 1.09 bits per heavy atom. The molecular weight excluding hydrogens is 444 g/mol. The summed E-state index contributed by atoms with van der Waals surface area (Å²) >= 11 is 6.04. The molecule has 2 heterocycles. The number of ether oxygens (including phenoxy) is 1.